The molecule has 1 saturated carbocycles. The van der Waals surface area contributed by atoms with Crippen LogP contribution in [-0.4, -0.2) is 18.0 Å². The maximum absolute atomic E-state index is 10.2. The lowest BCUT2D eigenvalue weighted by Crippen LogP contribution is -2.35. The van der Waals surface area contributed by atoms with Gasteiger partial charge in [0.1, 0.15) is 17.6 Å². The van der Waals surface area contributed by atoms with Crippen molar-refractivity contribution in [1.29, 1.82) is 26.3 Å². The van der Waals surface area contributed by atoms with Crippen LogP contribution in [0.15, 0.2) is 41.6 Å². The van der Waals surface area contributed by atoms with Crippen LogP contribution in [0.5, 0.6) is 0 Å². The number of nitrogens with zero attached hydrogens (tertiary/aromatic N) is 6. The van der Waals surface area contributed by atoms with E-state index in [4.69, 9.17) is 0 Å². The minimum atomic E-state index is -1.63. The van der Waals surface area contributed by atoms with Crippen molar-refractivity contribution in [1.82, 2.24) is 4.90 Å². The highest BCUT2D eigenvalue weighted by atomic mass is 15.2. The number of piperidine rings is 1. The summed E-state index contributed by atoms with van der Waals surface area (Å²) in [4.78, 5) is 1.86. The number of likely N-dealkylation sites (tertiary alicyclic amines) is 1. The molecule has 6 nitrogen and oxygen atoms in total. The highest BCUT2D eigenvalue weighted by Gasteiger charge is 2.83. The first-order valence-electron chi connectivity index (χ1n) is 8.75. The van der Waals surface area contributed by atoms with Crippen LogP contribution in [0.25, 0.3) is 0 Å². The third-order valence-electron chi connectivity index (χ3n) is 5.57. The molecule has 27 heavy (non-hydrogen) atoms. The van der Waals surface area contributed by atoms with Gasteiger partial charge in [-0.2, -0.15) is 26.3 Å². The molecule has 1 heterocycles. The Morgan fingerprint density at radius 3 is 1.93 bits per heavy atom. The van der Waals surface area contributed by atoms with E-state index >= 15 is 0 Å². The van der Waals surface area contributed by atoms with Crippen LogP contribution in [0.2, 0.25) is 0 Å². The van der Waals surface area contributed by atoms with Gasteiger partial charge in [0.2, 0.25) is 0 Å². The van der Waals surface area contributed by atoms with Gasteiger partial charge in [0, 0.05) is 19.0 Å². The summed E-state index contributed by atoms with van der Waals surface area (Å²) in [5.41, 5.74) is -2.42. The number of allylic oxidation sites excluding steroid dienone is 2. The molecule has 2 fully saturated rings. The minimum absolute atomic E-state index is 0.188. The first kappa shape index (κ1) is 18.0. The Bertz CT molecular complexity index is 953. The zero-order chi connectivity index (χ0) is 19.5. The summed E-state index contributed by atoms with van der Waals surface area (Å²) in [6, 6.07) is 19.0. The topological polar surface area (TPSA) is 122 Å². The van der Waals surface area contributed by atoms with Crippen molar-refractivity contribution in [2.45, 2.75) is 25.2 Å². The molecule has 1 saturated heterocycles. The van der Waals surface area contributed by atoms with Crippen molar-refractivity contribution in [3.8, 4) is 30.3 Å². The first-order valence-corrected chi connectivity index (χ1v) is 8.75. The van der Waals surface area contributed by atoms with E-state index in [1.54, 1.807) is 24.3 Å². The van der Waals surface area contributed by atoms with Crippen molar-refractivity contribution in [2.24, 2.45) is 10.8 Å². The highest BCUT2D eigenvalue weighted by molar-refractivity contribution is 5.63. The van der Waals surface area contributed by atoms with E-state index in [1.165, 1.54) is 0 Å². The summed E-state index contributed by atoms with van der Waals surface area (Å²) in [5, 5.41) is 49.1. The Hall–Kier alpha value is -3.79. The molecule has 1 aromatic carbocycles. The zero-order valence-electron chi connectivity index (χ0n) is 14.7. The van der Waals surface area contributed by atoms with Gasteiger partial charge in [-0.1, -0.05) is 30.3 Å². The first-order chi connectivity index (χ1) is 13.2. The van der Waals surface area contributed by atoms with E-state index in [0.29, 0.717) is 18.7 Å². The van der Waals surface area contributed by atoms with Gasteiger partial charge >= 0.3 is 0 Å². The predicted octanol–water partition coefficient (Wildman–Crippen LogP) is 3.11. The van der Waals surface area contributed by atoms with Gasteiger partial charge < -0.3 is 4.90 Å². The van der Waals surface area contributed by atoms with E-state index in [1.807, 2.05) is 23.1 Å². The van der Waals surface area contributed by atoms with E-state index < -0.39 is 16.7 Å². The van der Waals surface area contributed by atoms with Gasteiger partial charge in [-0.15, -0.1) is 0 Å². The molecular weight excluding hydrogens is 336 g/mol. The Morgan fingerprint density at radius 1 is 0.852 bits per heavy atom. The maximum atomic E-state index is 10.2. The summed E-state index contributed by atoms with van der Waals surface area (Å²) in [7, 11) is 0. The summed E-state index contributed by atoms with van der Waals surface area (Å²) >= 11 is 0. The lowest BCUT2D eigenvalue weighted by atomic mass is 9.87. The van der Waals surface area contributed by atoms with Crippen LogP contribution in [-0.2, 0) is 0 Å². The van der Waals surface area contributed by atoms with E-state index in [2.05, 4.69) is 18.2 Å². The van der Waals surface area contributed by atoms with Crippen LogP contribution in [0, 0.1) is 67.5 Å². The molecule has 0 amide bonds. The molecule has 1 aliphatic carbocycles. The molecule has 6 heteroatoms. The van der Waals surface area contributed by atoms with Crippen molar-refractivity contribution in [3.63, 3.8) is 0 Å². The van der Waals surface area contributed by atoms with Crippen LogP contribution in [0.4, 0.5) is 0 Å². The lowest BCUT2D eigenvalue weighted by Gasteiger charge is -2.34. The van der Waals surface area contributed by atoms with Gasteiger partial charge in [-0.25, -0.2) is 0 Å². The van der Waals surface area contributed by atoms with E-state index in [-0.39, 0.29) is 11.3 Å². The second-order valence-corrected chi connectivity index (χ2v) is 6.79. The molecule has 0 N–H and O–H groups in total. The fourth-order valence-corrected chi connectivity index (χ4v) is 4.33. The van der Waals surface area contributed by atoms with E-state index in [0.717, 1.165) is 19.3 Å². The number of hydrogen-bond acceptors (Lipinski definition) is 6. The third kappa shape index (κ3) is 2.34. The number of benzene rings is 1. The Balaban J connectivity index is 2.29. The summed E-state index contributed by atoms with van der Waals surface area (Å²) < 4.78 is 0. The molecule has 130 valence electrons. The van der Waals surface area contributed by atoms with Crippen LogP contribution in [0.1, 0.15) is 30.7 Å². The van der Waals surface area contributed by atoms with Gasteiger partial charge in [0.05, 0.1) is 23.9 Å². The zero-order valence-corrected chi connectivity index (χ0v) is 14.7. The molecule has 0 aromatic heterocycles. The Labute approximate surface area is 158 Å². The second kappa shape index (κ2) is 6.84. The molecule has 2 atom stereocenters. The van der Waals surface area contributed by atoms with Crippen LogP contribution < -0.4 is 0 Å². The fraction of sp³-hybridized carbons (Fsp3) is 0.381. The maximum Gasteiger partial charge on any atom is 0.177 e. The molecule has 1 aliphatic heterocycles. The van der Waals surface area contributed by atoms with E-state index in [9.17, 15) is 26.3 Å². The van der Waals surface area contributed by atoms with Crippen molar-refractivity contribution in [3.05, 3.63) is 47.2 Å². The van der Waals surface area contributed by atoms with Crippen molar-refractivity contribution < 1.29 is 0 Å². The smallest absolute Gasteiger partial charge is 0.177 e. The highest BCUT2D eigenvalue weighted by Crippen LogP contribution is 2.77. The van der Waals surface area contributed by atoms with Gasteiger partial charge in [-0.05, 0) is 24.8 Å². The SMILES string of the molecule is N#CC(C#N)=C(N1CCCCC1)[C@]1(C#N)[C@@H](c2ccccc2)C1(C#N)C#N. The number of nitriles is 5. The molecule has 1 aromatic rings. The Kier molecular flexibility index (Phi) is 4.57. The number of rotatable bonds is 3. The Morgan fingerprint density at radius 2 is 1.44 bits per heavy atom. The fourth-order valence-electron chi connectivity index (χ4n) is 4.33. The molecule has 3 rings (SSSR count). The number of hydrogen-bond donors (Lipinski definition) is 0. The summed E-state index contributed by atoms with van der Waals surface area (Å²) in [6.45, 7) is 1.19. The van der Waals surface area contributed by atoms with Crippen molar-refractivity contribution in [2.75, 3.05) is 13.1 Å². The molecule has 0 radical (unpaired) electrons. The molecule has 0 unspecified atom stereocenters. The second-order valence-electron chi connectivity index (χ2n) is 6.79. The van der Waals surface area contributed by atoms with Gasteiger partial charge in [-0.3, -0.25) is 0 Å². The minimum Gasteiger partial charge on any atom is -0.372 e. The monoisotopic (exact) mass is 352 g/mol. The standard InChI is InChI=1S/C21H16N6/c22-11-17(12-23)19(27-9-5-2-6-10-27)21(15-26)18(20(21,13-24)14-25)16-7-3-1-4-8-16/h1,3-4,7-8,18H,2,5-6,9-10H2/t18-,21-/m0/s1. The van der Waals surface area contributed by atoms with Gasteiger partial charge in [0.15, 0.2) is 11.0 Å². The molecule has 2 aliphatic rings. The third-order valence-corrected chi connectivity index (χ3v) is 5.57. The van der Waals surface area contributed by atoms with Crippen LogP contribution in [0.3, 0.4) is 0 Å². The van der Waals surface area contributed by atoms with Crippen molar-refractivity contribution >= 4 is 0 Å². The van der Waals surface area contributed by atoms with Crippen LogP contribution >= 0.6 is 0 Å². The average molecular weight is 352 g/mol. The normalized spacial score (nSPS) is 24.9. The largest absolute Gasteiger partial charge is 0.372 e. The lowest BCUT2D eigenvalue weighted by molar-refractivity contribution is 0.254. The average Bonchev–Trinajstić information content (AvgIpc) is 3.35. The summed E-state index contributed by atoms with van der Waals surface area (Å²) in [6.07, 6.45) is 2.77. The summed E-state index contributed by atoms with van der Waals surface area (Å²) in [5.74, 6) is -0.708. The quantitative estimate of drug-likeness (QED) is 0.770. The molecular formula is C21H16N6. The molecule has 0 bridgehead atoms. The predicted molar refractivity (Wildman–Crippen MR) is 94.6 cm³/mol. The molecule has 0 spiro atoms. The van der Waals surface area contributed by atoms with Gasteiger partial charge in [0.25, 0.3) is 0 Å².